The van der Waals surface area contributed by atoms with E-state index in [0.29, 0.717) is 0 Å². The van der Waals surface area contributed by atoms with Gasteiger partial charge >= 0.3 is 0 Å². The summed E-state index contributed by atoms with van der Waals surface area (Å²) in [5.41, 5.74) is 3.49. The SMILES string of the molecule is Cc1cc([C@@H]2C(O)[C@@H](c3ccccc3)[NH2+]C2(C)C)cc[nH+]1. The Hall–Kier alpha value is -1.71. The fourth-order valence-corrected chi connectivity index (χ4v) is 3.71. The van der Waals surface area contributed by atoms with Crippen LogP contribution in [0.2, 0.25) is 0 Å². The largest absolute Gasteiger partial charge is 0.386 e. The Morgan fingerprint density at radius 1 is 1.10 bits per heavy atom. The summed E-state index contributed by atoms with van der Waals surface area (Å²) in [6, 6.07) is 14.6. The van der Waals surface area contributed by atoms with Crippen LogP contribution in [0, 0.1) is 6.92 Å². The van der Waals surface area contributed by atoms with E-state index in [1.807, 2.05) is 24.4 Å². The van der Waals surface area contributed by atoms with Crippen molar-refractivity contribution < 1.29 is 15.4 Å². The third-order valence-corrected chi connectivity index (χ3v) is 4.63. The highest BCUT2D eigenvalue weighted by atomic mass is 16.3. The highest BCUT2D eigenvalue weighted by Crippen LogP contribution is 2.38. The second-order valence-electron chi connectivity index (χ2n) is 6.70. The molecule has 0 amide bonds. The van der Waals surface area contributed by atoms with Gasteiger partial charge in [-0.15, -0.1) is 0 Å². The van der Waals surface area contributed by atoms with Gasteiger partial charge in [0, 0.05) is 24.6 Å². The number of aryl methyl sites for hydroxylation is 1. The number of nitrogens with two attached hydrogens (primary N) is 1. The van der Waals surface area contributed by atoms with Gasteiger partial charge < -0.3 is 10.4 Å². The minimum absolute atomic E-state index is 0.0340. The van der Waals surface area contributed by atoms with Gasteiger partial charge in [0.05, 0.1) is 5.92 Å². The van der Waals surface area contributed by atoms with Gasteiger partial charge in [-0.25, -0.2) is 4.98 Å². The Morgan fingerprint density at radius 3 is 2.48 bits per heavy atom. The normalized spacial score (nSPS) is 27.7. The first kappa shape index (κ1) is 14.2. The highest BCUT2D eigenvalue weighted by Gasteiger charge is 2.52. The van der Waals surface area contributed by atoms with E-state index in [1.54, 1.807) is 0 Å². The lowest BCUT2D eigenvalue weighted by molar-refractivity contribution is -0.739. The van der Waals surface area contributed by atoms with Gasteiger partial charge in [-0.1, -0.05) is 30.3 Å². The molecule has 4 N–H and O–H groups in total. The van der Waals surface area contributed by atoms with Crippen molar-refractivity contribution in [3.63, 3.8) is 0 Å². The van der Waals surface area contributed by atoms with Crippen molar-refractivity contribution in [3.8, 4) is 0 Å². The van der Waals surface area contributed by atoms with Gasteiger partial charge in [0.1, 0.15) is 17.7 Å². The Morgan fingerprint density at radius 2 is 1.81 bits per heavy atom. The molecule has 21 heavy (non-hydrogen) atoms. The Bertz CT molecular complexity index is 624. The smallest absolute Gasteiger partial charge is 0.176 e. The summed E-state index contributed by atoms with van der Waals surface area (Å²) >= 11 is 0. The van der Waals surface area contributed by atoms with Crippen LogP contribution in [0.5, 0.6) is 0 Å². The lowest BCUT2D eigenvalue weighted by Crippen LogP contribution is -2.93. The van der Waals surface area contributed by atoms with Crippen LogP contribution in [-0.4, -0.2) is 16.7 Å². The molecule has 1 aliphatic rings. The van der Waals surface area contributed by atoms with E-state index in [-0.39, 0.29) is 23.6 Å². The number of quaternary nitrogens is 1. The van der Waals surface area contributed by atoms with E-state index >= 15 is 0 Å². The minimum Gasteiger partial charge on any atom is -0.386 e. The number of aromatic amines is 1. The van der Waals surface area contributed by atoms with Crippen LogP contribution in [0.3, 0.4) is 0 Å². The van der Waals surface area contributed by atoms with Gasteiger partial charge in [-0.05, 0) is 19.4 Å². The van der Waals surface area contributed by atoms with Crippen LogP contribution in [0.15, 0.2) is 48.7 Å². The quantitative estimate of drug-likeness (QED) is 0.859. The molecule has 110 valence electrons. The number of pyridine rings is 1. The fourth-order valence-electron chi connectivity index (χ4n) is 3.71. The highest BCUT2D eigenvalue weighted by molar-refractivity contribution is 5.28. The average Bonchev–Trinajstić information content (AvgIpc) is 2.69. The lowest BCUT2D eigenvalue weighted by Gasteiger charge is -2.24. The third-order valence-electron chi connectivity index (χ3n) is 4.63. The Balaban J connectivity index is 1.98. The molecule has 1 aromatic carbocycles. The molecule has 2 heterocycles. The van der Waals surface area contributed by atoms with Crippen molar-refractivity contribution in [2.24, 2.45) is 0 Å². The summed E-state index contributed by atoms with van der Waals surface area (Å²) in [6.45, 7) is 6.49. The number of H-pyrrole nitrogens is 1. The predicted octanol–water partition coefficient (Wildman–Crippen LogP) is 1.35. The van der Waals surface area contributed by atoms with Crippen molar-refractivity contribution in [2.45, 2.75) is 44.4 Å². The summed E-state index contributed by atoms with van der Waals surface area (Å²) in [5, 5.41) is 13.2. The van der Waals surface area contributed by atoms with Gasteiger partial charge in [-0.3, -0.25) is 0 Å². The Kier molecular flexibility index (Phi) is 3.56. The molecule has 1 unspecified atom stereocenters. The maximum atomic E-state index is 10.9. The maximum Gasteiger partial charge on any atom is 0.176 e. The number of rotatable bonds is 2. The number of hydrogen-bond acceptors (Lipinski definition) is 1. The van der Waals surface area contributed by atoms with Crippen LogP contribution in [0.1, 0.15) is 42.6 Å². The monoisotopic (exact) mass is 284 g/mol. The topological polar surface area (TPSA) is 51.0 Å². The molecule has 3 rings (SSSR count). The number of hydrogen-bond donors (Lipinski definition) is 2. The van der Waals surface area contributed by atoms with Crippen LogP contribution < -0.4 is 10.3 Å². The average molecular weight is 284 g/mol. The zero-order valence-electron chi connectivity index (χ0n) is 12.9. The molecule has 1 aromatic heterocycles. The van der Waals surface area contributed by atoms with E-state index < -0.39 is 0 Å². The van der Waals surface area contributed by atoms with Crippen molar-refractivity contribution in [3.05, 3.63) is 65.5 Å². The summed E-state index contributed by atoms with van der Waals surface area (Å²) in [7, 11) is 0. The fraction of sp³-hybridized carbons (Fsp3) is 0.389. The van der Waals surface area contributed by atoms with Gasteiger partial charge in [0.15, 0.2) is 11.9 Å². The lowest BCUT2D eigenvalue weighted by atomic mass is 9.81. The molecule has 0 aliphatic carbocycles. The van der Waals surface area contributed by atoms with E-state index in [1.165, 1.54) is 11.1 Å². The van der Waals surface area contributed by atoms with Gasteiger partial charge in [0.25, 0.3) is 0 Å². The molecule has 1 saturated heterocycles. The van der Waals surface area contributed by atoms with E-state index in [9.17, 15) is 5.11 Å². The van der Waals surface area contributed by atoms with Crippen molar-refractivity contribution >= 4 is 0 Å². The van der Waals surface area contributed by atoms with Crippen molar-refractivity contribution in [2.75, 3.05) is 0 Å². The van der Waals surface area contributed by atoms with Crippen LogP contribution in [0.25, 0.3) is 0 Å². The molecular formula is C18H24N2O+2. The summed E-state index contributed by atoms with van der Waals surface area (Å²) in [6.07, 6.45) is 1.58. The van der Waals surface area contributed by atoms with E-state index in [2.05, 4.69) is 55.3 Å². The number of benzene rings is 1. The van der Waals surface area contributed by atoms with Gasteiger partial charge in [-0.2, -0.15) is 0 Å². The molecule has 0 spiro atoms. The second kappa shape index (κ2) is 5.24. The number of aliphatic hydroxyl groups is 1. The van der Waals surface area contributed by atoms with Crippen LogP contribution in [-0.2, 0) is 0 Å². The molecule has 2 aromatic rings. The molecule has 3 atom stereocenters. The number of nitrogens with one attached hydrogen (secondary N) is 1. The molecule has 3 heteroatoms. The molecular weight excluding hydrogens is 260 g/mol. The predicted molar refractivity (Wildman–Crippen MR) is 81.7 cm³/mol. The molecule has 3 nitrogen and oxygen atoms in total. The molecule has 1 fully saturated rings. The first-order valence-corrected chi connectivity index (χ1v) is 7.56. The zero-order valence-corrected chi connectivity index (χ0v) is 12.9. The summed E-state index contributed by atoms with van der Waals surface area (Å²) < 4.78 is 0. The van der Waals surface area contributed by atoms with Crippen molar-refractivity contribution in [1.82, 2.24) is 0 Å². The third kappa shape index (κ3) is 2.59. The van der Waals surface area contributed by atoms with E-state index in [0.717, 1.165) is 5.69 Å². The zero-order chi connectivity index (χ0) is 15.0. The summed E-state index contributed by atoms with van der Waals surface area (Å²) in [5.74, 6) is 0.121. The summed E-state index contributed by atoms with van der Waals surface area (Å²) in [4.78, 5) is 3.19. The standard InChI is InChI=1S/C18H22N2O/c1-12-11-14(9-10-19-12)15-17(21)16(20-18(15,2)3)13-7-5-4-6-8-13/h4-11,15-17,20-21H,1-3H3/p+2/t15-,16-,17?/m1/s1. The first-order valence-electron chi connectivity index (χ1n) is 7.56. The van der Waals surface area contributed by atoms with Crippen molar-refractivity contribution in [1.29, 1.82) is 0 Å². The second-order valence-corrected chi connectivity index (χ2v) is 6.70. The van der Waals surface area contributed by atoms with E-state index in [4.69, 9.17) is 0 Å². The number of aliphatic hydroxyl groups excluding tert-OH is 1. The maximum absolute atomic E-state index is 10.9. The van der Waals surface area contributed by atoms with Crippen LogP contribution in [0.4, 0.5) is 0 Å². The van der Waals surface area contributed by atoms with Gasteiger partial charge in [0.2, 0.25) is 0 Å². The van der Waals surface area contributed by atoms with Crippen LogP contribution >= 0.6 is 0 Å². The molecule has 0 saturated carbocycles. The minimum atomic E-state index is -0.385. The Labute approximate surface area is 126 Å². The molecule has 0 bridgehead atoms. The first-order chi connectivity index (χ1) is 9.99. The molecule has 0 radical (unpaired) electrons. The molecule has 1 aliphatic heterocycles. The number of aromatic nitrogens is 1.